The van der Waals surface area contributed by atoms with E-state index in [2.05, 4.69) is 457 Å². The third-order valence-corrected chi connectivity index (χ3v) is 30.0. The van der Waals surface area contributed by atoms with Crippen LogP contribution in [0.5, 0.6) is 0 Å². The molecule has 0 radical (unpaired) electrons. The summed E-state index contributed by atoms with van der Waals surface area (Å²) in [6.45, 7) is 23.7. The van der Waals surface area contributed by atoms with Gasteiger partial charge in [-0.15, -0.1) is 0 Å². The fourth-order valence-electron chi connectivity index (χ4n) is 23.4. The average Bonchev–Trinajstić information content (AvgIpc) is 1.66. The summed E-state index contributed by atoms with van der Waals surface area (Å²) in [5.74, 6) is 0. The normalized spacial score (nSPS) is 14.8. The molecule has 0 saturated heterocycles. The summed E-state index contributed by atoms with van der Waals surface area (Å²) in [7, 11) is 0. The summed E-state index contributed by atoms with van der Waals surface area (Å²) in [5.41, 5.74) is 47.2. The molecule has 20 aromatic rings. The molecule has 0 amide bonds. The van der Waals surface area contributed by atoms with Crippen LogP contribution in [0.25, 0.3) is 199 Å². The smallest absolute Gasteiger partial charge is 0.0159 e. The Labute approximate surface area is 733 Å². The zero-order valence-corrected chi connectivity index (χ0v) is 72.5. The molecule has 0 saturated carbocycles. The molecule has 594 valence electrons. The molecule has 0 bridgehead atoms. The zero-order chi connectivity index (χ0) is 84.3. The monoisotopic (exact) mass is 1590 g/mol. The fraction of sp³-hybridized carbons (Fsp3) is 0.120. The van der Waals surface area contributed by atoms with Gasteiger partial charge in [0.25, 0.3) is 0 Å². The van der Waals surface area contributed by atoms with E-state index in [-0.39, 0.29) is 27.1 Å². The minimum atomic E-state index is -0.0744. The van der Waals surface area contributed by atoms with Crippen molar-refractivity contribution in [3.8, 4) is 145 Å². The van der Waals surface area contributed by atoms with Crippen molar-refractivity contribution in [1.29, 1.82) is 0 Å². The lowest BCUT2D eigenvalue weighted by Crippen LogP contribution is -2.14. The molecule has 0 spiro atoms. The number of hydrogen-bond acceptors (Lipinski definition) is 0. The van der Waals surface area contributed by atoms with Crippen LogP contribution >= 0.6 is 0 Å². The first-order chi connectivity index (χ1) is 60.7. The minimum Gasteiger partial charge on any atom is -0.0619 e. The standard InChI is InChI=1S/C65H50.C60H44/c1-63(2)57-22-14-11-17-47(57)53-36-44(30-34-58(53)63)62-51-19-8-7-18-50(51)61(40-25-23-39(24-26-40)42-27-31-48-45-15-9-12-20-55(45)64(3,4)59(48)37-42)52-33-29-41(35-54(52)62)43-28-32-49-46-16-10-13-21-56(46)65(5,6)60(49)38-43;1-59(2)54-20-12-10-16-46(54)51-35-44(29-32-55(51)59)58-49-18-8-7-17-48(49)57(39-24-21-38(22-25-39)41-26-23-37-13-5-6-14-40(37)33-41)50-31-28-42(34-52(50)58)43-27-30-47-45-15-9-11-19-53(45)60(3,4)56(47)36-43/h7-38H,1-6H3;5-36H,1-4H3. The highest BCUT2D eigenvalue weighted by Crippen LogP contribution is 2.58. The first-order valence-electron chi connectivity index (χ1n) is 44.7. The molecule has 0 fully saturated rings. The molecule has 0 heterocycles. The second-order valence-corrected chi connectivity index (χ2v) is 38.5. The third kappa shape index (κ3) is 11.2. The SMILES string of the molecule is CC1(C)c2ccccc2-c2cc(-c3c4ccccc4c(-c4ccc(-c5ccc6c(c5)C(C)(C)c5ccccc5-6)cc4)c4ccc(-c5ccc6c(c5)C(C)(C)c5ccccc5-6)cc34)ccc21.CC1(C)c2ccccc2-c2cc(-c3c4ccccc4c(-c4ccc(-c5ccc6ccccc6c5)cc4)c4ccc(-c5ccc6c(c5)C(C)(C)c5ccccc5-6)cc34)ccc21. The van der Waals surface area contributed by atoms with Gasteiger partial charge in [0.1, 0.15) is 0 Å². The summed E-state index contributed by atoms with van der Waals surface area (Å²) in [5, 5.41) is 12.7. The van der Waals surface area contributed by atoms with Gasteiger partial charge in [-0.2, -0.15) is 0 Å². The predicted molar refractivity (Wildman–Crippen MR) is 532 cm³/mol. The maximum absolute atomic E-state index is 2.49. The summed E-state index contributed by atoms with van der Waals surface area (Å²) >= 11 is 0. The predicted octanol–water partition coefficient (Wildman–Crippen LogP) is 34.0. The van der Waals surface area contributed by atoms with Crippen LogP contribution in [0.2, 0.25) is 0 Å². The summed E-state index contributed by atoms with van der Waals surface area (Å²) in [6, 6.07) is 147. The molecule has 5 aliphatic rings. The maximum atomic E-state index is 2.49. The number of rotatable bonds is 8. The van der Waals surface area contributed by atoms with Crippen LogP contribution in [0.4, 0.5) is 0 Å². The van der Waals surface area contributed by atoms with Crippen molar-refractivity contribution in [2.24, 2.45) is 0 Å². The number of fused-ring (bicyclic) bond motifs is 20. The average molecular weight is 1600 g/mol. The van der Waals surface area contributed by atoms with Crippen molar-refractivity contribution in [2.75, 3.05) is 0 Å². The lowest BCUT2D eigenvalue weighted by atomic mass is 9.80. The van der Waals surface area contributed by atoms with Crippen LogP contribution in [0.15, 0.2) is 388 Å². The Balaban J connectivity index is 0.000000141. The number of hydrogen-bond donors (Lipinski definition) is 0. The quantitative estimate of drug-likeness (QED) is 0.133. The van der Waals surface area contributed by atoms with Gasteiger partial charge in [-0.1, -0.05) is 409 Å². The van der Waals surface area contributed by atoms with Gasteiger partial charge in [-0.05, 0) is 303 Å². The van der Waals surface area contributed by atoms with Crippen molar-refractivity contribution in [1.82, 2.24) is 0 Å². The van der Waals surface area contributed by atoms with Crippen molar-refractivity contribution in [2.45, 2.75) is 96.3 Å². The first-order valence-corrected chi connectivity index (χ1v) is 44.7. The molecule has 0 atom stereocenters. The summed E-state index contributed by atoms with van der Waals surface area (Å²) in [4.78, 5) is 0. The van der Waals surface area contributed by atoms with Crippen LogP contribution in [0.1, 0.15) is 125 Å². The first kappa shape index (κ1) is 74.5. The van der Waals surface area contributed by atoms with E-state index in [1.54, 1.807) is 0 Å². The zero-order valence-electron chi connectivity index (χ0n) is 72.5. The highest BCUT2D eigenvalue weighted by Gasteiger charge is 2.41. The van der Waals surface area contributed by atoms with E-state index in [1.807, 2.05) is 0 Å². The molecule has 0 unspecified atom stereocenters. The van der Waals surface area contributed by atoms with Crippen molar-refractivity contribution in [3.63, 3.8) is 0 Å². The molecular weight excluding hydrogens is 1500 g/mol. The molecule has 0 aliphatic heterocycles. The lowest BCUT2D eigenvalue weighted by Gasteiger charge is -2.23. The van der Waals surface area contributed by atoms with E-state index in [9.17, 15) is 0 Å². The Morgan fingerprint density at radius 1 is 0.120 bits per heavy atom. The molecule has 5 aliphatic carbocycles. The molecular formula is C125H94. The van der Waals surface area contributed by atoms with Crippen molar-refractivity contribution >= 4 is 53.9 Å². The van der Waals surface area contributed by atoms with Gasteiger partial charge in [-0.3, -0.25) is 0 Å². The molecule has 25 rings (SSSR count). The molecule has 0 heteroatoms. The summed E-state index contributed by atoms with van der Waals surface area (Å²) in [6.07, 6.45) is 0. The molecule has 20 aromatic carbocycles. The topological polar surface area (TPSA) is 0 Å². The third-order valence-electron chi connectivity index (χ3n) is 30.0. The summed E-state index contributed by atoms with van der Waals surface area (Å²) < 4.78 is 0. The highest BCUT2D eigenvalue weighted by molar-refractivity contribution is 6.24. The Morgan fingerprint density at radius 2 is 0.344 bits per heavy atom. The Bertz CT molecular complexity index is 8020. The van der Waals surface area contributed by atoms with E-state index >= 15 is 0 Å². The van der Waals surface area contributed by atoms with Gasteiger partial charge >= 0.3 is 0 Å². The molecule has 125 heavy (non-hydrogen) atoms. The van der Waals surface area contributed by atoms with Crippen LogP contribution < -0.4 is 0 Å². The largest absolute Gasteiger partial charge is 0.0619 e. The van der Waals surface area contributed by atoms with Crippen LogP contribution in [0, 0.1) is 0 Å². The fourth-order valence-corrected chi connectivity index (χ4v) is 23.4. The van der Waals surface area contributed by atoms with Gasteiger partial charge < -0.3 is 0 Å². The van der Waals surface area contributed by atoms with Crippen LogP contribution in [-0.4, -0.2) is 0 Å². The molecule has 0 nitrogen and oxygen atoms in total. The van der Waals surface area contributed by atoms with Crippen molar-refractivity contribution < 1.29 is 0 Å². The molecule has 0 N–H and O–H groups in total. The van der Waals surface area contributed by atoms with Crippen molar-refractivity contribution in [3.05, 3.63) is 444 Å². The number of benzene rings is 20. The second-order valence-electron chi connectivity index (χ2n) is 38.5. The van der Waals surface area contributed by atoms with Gasteiger partial charge in [0.15, 0.2) is 0 Å². The van der Waals surface area contributed by atoms with Crippen LogP contribution in [0.3, 0.4) is 0 Å². The van der Waals surface area contributed by atoms with Gasteiger partial charge in [0, 0.05) is 27.1 Å². The van der Waals surface area contributed by atoms with Gasteiger partial charge in [-0.25, -0.2) is 0 Å². The van der Waals surface area contributed by atoms with E-state index in [1.165, 1.54) is 254 Å². The second kappa shape index (κ2) is 27.3. The van der Waals surface area contributed by atoms with Gasteiger partial charge in [0.05, 0.1) is 0 Å². The minimum absolute atomic E-state index is 0.0419. The van der Waals surface area contributed by atoms with E-state index < -0.39 is 0 Å². The lowest BCUT2D eigenvalue weighted by molar-refractivity contribution is 0.660. The Morgan fingerprint density at radius 3 is 0.712 bits per heavy atom. The molecule has 0 aromatic heterocycles. The Hall–Kier alpha value is -14.3. The van der Waals surface area contributed by atoms with E-state index in [0.29, 0.717) is 0 Å². The van der Waals surface area contributed by atoms with E-state index in [0.717, 1.165) is 0 Å². The van der Waals surface area contributed by atoms with Gasteiger partial charge in [0.2, 0.25) is 0 Å². The Kier molecular flexibility index (Phi) is 16.3. The van der Waals surface area contributed by atoms with Crippen LogP contribution in [-0.2, 0) is 27.1 Å². The highest BCUT2D eigenvalue weighted by atomic mass is 14.4. The van der Waals surface area contributed by atoms with E-state index in [4.69, 9.17) is 0 Å². The maximum Gasteiger partial charge on any atom is 0.0159 e.